The third-order valence-electron chi connectivity index (χ3n) is 5.99. The standard InChI is InChI=1S/C20H22F3N3OS/c1-11(15-9-12-6-7-13(15)8-12)24-17(27)10-28-18-14-4-2-3-5-16(14)25-19(26-18)20(21,22)23/h2-5,11-13,15H,6-10H2,1H3,(H,24,27). The van der Waals surface area contributed by atoms with E-state index >= 15 is 0 Å². The summed E-state index contributed by atoms with van der Waals surface area (Å²) in [4.78, 5) is 19.7. The van der Waals surface area contributed by atoms with E-state index in [4.69, 9.17) is 0 Å². The molecule has 1 aromatic carbocycles. The number of benzene rings is 1. The first kappa shape index (κ1) is 19.5. The molecular weight excluding hydrogens is 387 g/mol. The maximum atomic E-state index is 13.1. The van der Waals surface area contributed by atoms with Gasteiger partial charge in [0.1, 0.15) is 5.03 Å². The number of halogens is 3. The number of nitrogens with zero attached hydrogens (tertiary/aromatic N) is 2. The van der Waals surface area contributed by atoms with E-state index in [2.05, 4.69) is 15.3 Å². The fraction of sp³-hybridized carbons (Fsp3) is 0.550. The number of hydrogen-bond donors (Lipinski definition) is 1. The number of rotatable bonds is 5. The van der Waals surface area contributed by atoms with Crippen LogP contribution in [0.5, 0.6) is 0 Å². The third kappa shape index (κ3) is 3.97. The number of para-hydroxylation sites is 1. The second-order valence-electron chi connectivity index (χ2n) is 7.85. The van der Waals surface area contributed by atoms with Crippen molar-refractivity contribution in [2.24, 2.45) is 17.8 Å². The normalized spacial score (nSPS) is 25.2. The molecule has 4 atom stereocenters. The van der Waals surface area contributed by atoms with Gasteiger partial charge in [0.15, 0.2) is 0 Å². The van der Waals surface area contributed by atoms with Crippen LogP contribution in [0.3, 0.4) is 0 Å². The Morgan fingerprint density at radius 1 is 1.25 bits per heavy atom. The smallest absolute Gasteiger partial charge is 0.353 e. The first-order valence-electron chi connectivity index (χ1n) is 9.57. The largest absolute Gasteiger partial charge is 0.451 e. The van der Waals surface area contributed by atoms with Crippen molar-refractivity contribution < 1.29 is 18.0 Å². The van der Waals surface area contributed by atoms with Crippen LogP contribution in [-0.2, 0) is 11.0 Å². The van der Waals surface area contributed by atoms with Gasteiger partial charge < -0.3 is 5.32 Å². The minimum atomic E-state index is -4.63. The van der Waals surface area contributed by atoms with Gasteiger partial charge in [-0.15, -0.1) is 0 Å². The molecule has 2 aromatic rings. The highest BCUT2D eigenvalue weighted by atomic mass is 32.2. The van der Waals surface area contributed by atoms with Crippen molar-refractivity contribution in [3.05, 3.63) is 30.1 Å². The maximum absolute atomic E-state index is 13.1. The lowest BCUT2D eigenvalue weighted by molar-refractivity contribution is -0.145. The molecule has 1 aromatic heterocycles. The highest BCUT2D eigenvalue weighted by molar-refractivity contribution is 8.00. The molecular formula is C20H22F3N3OS. The average Bonchev–Trinajstić information content (AvgIpc) is 3.28. The lowest BCUT2D eigenvalue weighted by atomic mass is 9.84. The zero-order valence-corrected chi connectivity index (χ0v) is 16.3. The van der Waals surface area contributed by atoms with E-state index in [1.165, 1.54) is 31.7 Å². The molecule has 1 N–H and O–H groups in total. The summed E-state index contributed by atoms with van der Waals surface area (Å²) >= 11 is 1.02. The summed E-state index contributed by atoms with van der Waals surface area (Å²) in [6.07, 6.45) is 0.368. The Hall–Kier alpha value is -1.83. The summed E-state index contributed by atoms with van der Waals surface area (Å²) in [7, 11) is 0. The van der Waals surface area contributed by atoms with E-state index in [0.717, 1.165) is 17.7 Å². The van der Waals surface area contributed by atoms with Gasteiger partial charge in [-0.25, -0.2) is 9.97 Å². The molecule has 2 bridgehead atoms. The Labute approximate surface area is 165 Å². The molecule has 0 aliphatic heterocycles. The molecule has 4 nitrogen and oxygen atoms in total. The monoisotopic (exact) mass is 409 g/mol. The number of aromatic nitrogens is 2. The van der Waals surface area contributed by atoms with Gasteiger partial charge >= 0.3 is 6.18 Å². The maximum Gasteiger partial charge on any atom is 0.451 e. The number of fused-ring (bicyclic) bond motifs is 3. The van der Waals surface area contributed by atoms with Gasteiger partial charge in [-0.3, -0.25) is 4.79 Å². The Morgan fingerprint density at radius 3 is 2.71 bits per heavy atom. The third-order valence-corrected chi connectivity index (χ3v) is 6.98. The minimum Gasteiger partial charge on any atom is -0.353 e. The molecule has 2 fully saturated rings. The number of hydrogen-bond acceptors (Lipinski definition) is 4. The average molecular weight is 409 g/mol. The van der Waals surface area contributed by atoms with E-state index in [1.54, 1.807) is 18.2 Å². The molecule has 0 radical (unpaired) electrons. The van der Waals surface area contributed by atoms with Gasteiger partial charge in [0, 0.05) is 11.4 Å². The van der Waals surface area contributed by atoms with Gasteiger partial charge in [0.05, 0.1) is 11.3 Å². The number of thioether (sulfide) groups is 1. The molecule has 1 heterocycles. The van der Waals surface area contributed by atoms with Crippen LogP contribution < -0.4 is 5.32 Å². The minimum absolute atomic E-state index is 0.0312. The first-order chi connectivity index (χ1) is 13.3. The SMILES string of the molecule is CC(NC(=O)CSc1nc(C(F)(F)F)nc2ccccc12)C1CC2CCC1C2. The number of carbonyl (C=O) groups excluding carboxylic acids is 1. The zero-order valence-electron chi connectivity index (χ0n) is 15.5. The van der Waals surface area contributed by atoms with Crippen molar-refractivity contribution >= 4 is 28.6 Å². The molecule has 1 amide bonds. The van der Waals surface area contributed by atoms with Crippen LogP contribution in [0.1, 0.15) is 38.4 Å². The first-order valence-corrected chi connectivity index (χ1v) is 10.6. The van der Waals surface area contributed by atoms with Gasteiger partial charge in [0.2, 0.25) is 11.7 Å². The van der Waals surface area contributed by atoms with E-state index in [-0.39, 0.29) is 28.2 Å². The summed E-state index contributed by atoms with van der Waals surface area (Å²) in [5.74, 6) is 0.708. The van der Waals surface area contributed by atoms with Crippen molar-refractivity contribution in [3.63, 3.8) is 0 Å². The molecule has 4 unspecified atom stereocenters. The second-order valence-corrected chi connectivity index (χ2v) is 8.81. The van der Waals surface area contributed by atoms with E-state index in [1.807, 2.05) is 6.92 Å². The molecule has 8 heteroatoms. The van der Waals surface area contributed by atoms with E-state index < -0.39 is 12.0 Å². The van der Waals surface area contributed by atoms with Crippen LogP contribution >= 0.6 is 11.8 Å². The lowest BCUT2D eigenvalue weighted by Crippen LogP contribution is -2.40. The molecule has 2 aliphatic carbocycles. The van der Waals surface area contributed by atoms with E-state index in [9.17, 15) is 18.0 Å². The Kier molecular flexibility index (Phi) is 5.24. The fourth-order valence-electron chi connectivity index (χ4n) is 4.73. The highest BCUT2D eigenvalue weighted by Gasteiger charge is 2.42. The van der Waals surface area contributed by atoms with Gasteiger partial charge in [-0.1, -0.05) is 36.4 Å². The fourth-order valence-corrected chi connectivity index (χ4v) is 5.56. The van der Waals surface area contributed by atoms with Gasteiger partial charge in [-0.05, 0) is 50.0 Å². The van der Waals surface area contributed by atoms with E-state index in [0.29, 0.717) is 17.2 Å². The summed E-state index contributed by atoms with van der Waals surface area (Å²) in [5.41, 5.74) is 0.225. The van der Waals surface area contributed by atoms with Gasteiger partial charge in [-0.2, -0.15) is 13.2 Å². The summed E-state index contributed by atoms with van der Waals surface area (Å²) in [6, 6.07) is 6.64. The molecule has 0 saturated heterocycles. The van der Waals surface area contributed by atoms with Crippen molar-refractivity contribution in [3.8, 4) is 0 Å². The highest BCUT2D eigenvalue weighted by Crippen LogP contribution is 2.49. The van der Waals surface area contributed by atoms with Crippen LogP contribution in [0.2, 0.25) is 0 Å². The molecule has 28 heavy (non-hydrogen) atoms. The Bertz CT molecular complexity index is 889. The zero-order chi connectivity index (χ0) is 19.9. The van der Waals surface area contributed by atoms with Crippen molar-refractivity contribution in [2.45, 2.75) is 49.9 Å². The number of amides is 1. The van der Waals surface area contributed by atoms with Crippen molar-refractivity contribution in [1.82, 2.24) is 15.3 Å². The number of alkyl halides is 3. The molecule has 150 valence electrons. The second kappa shape index (κ2) is 7.54. The van der Waals surface area contributed by atoms with Crippen LogP contribution in [0.4, 0.5) is 13.2 Å². The van der Waals surface area contributed by atoms with Crippen LogP contribution in [0, 0.1) is 17.8 Å². The Balaban J connectivity index is 1.44. The molecule has 0 spiro atoms. The summed E-state index contributed by atoms with van der Waals surface area (Å²) in [5, 5.41) is 3.75. The Morgan fingerprint density at radius 2 is 2.04 bits per heavy atom. The molecule has 2 saturated carbocycles. The van der Waals surface area contributed by atoms with Crippen LogP contribution in [-0.4, -0.2) is 27.7 Å². The molecule has 4 rings (SSSR count). The predicted molar refractivity (Wildman–Crippen MR) is 102 cm³/mol. The van der Waals surface area contributed by atoms with Crippen LogP contribution in [0.15, 0.2) is 29.3 Å². The van der Waals surface area contributed by atoms with Crippen molar-refractivity contribution in [1.29, 1.82) is 0 Å². The summed E-state index contributed by atoms with van der Waals surface area (Å²) in [6.45, 7) is 2.04. The lowest BCUT2D eigenvalue weighted by Gasteiger charge is -2.28. The van der Waals surface area contributed by atoms with Crippen molar-refractivity contribution in [2.75, 3.05) is 5.75 Å². The number of carbonyl (C=O) groups is 1. The molecule has 2 aliphatic rings. The predicted octanol–water partition coefficient (Wildman–Crippen LogP) is 4.68. The van der Waals surface area contributed by atoms with Crippen LogP contribution in [0.25, 0.3) is 10.9 Å². The topological polar surface area (TPSA) is 54.9 Å². The number of nitrogens with one attached hydrogen (secondary N) is 1. The van der Waals surface area contributed by atoms with Gasteiger partial charge in [0.25, 0.3) is 0 Å². The summed E-state index contributed by atoms with van der Waals surface area (Å²) < 4.78 is 39.3. The quantitative estimate of drug-likeness (QED) is 0.575.